The predicted octanol–water partition coefficient (Wildman–Crippen LogP) is 2.73. The maximum absolute atomic E-state index is 12.5. The van der Waals surface area contributed by atoms with Gasteiger partial charge in [0.25, 0.3) is 5.91 Å². The monoisotopic (exact) mass is 514 g/mol. The maximum Gasteiger partial charge on any atom is 0.407 e. The van der Waals surface area contributed by atoms with Crippen LogP contribution in [0.15, 0.2) is 42.5 Å². The zero-order chi connectivity index (χ0) is 26.4. The van der Waals surface area contributed by atoms with Gasteiger partial charge in [-0.3, -0.25) is 4.79 Å². The molecule has 0 spiro atoms. The lowest BCUT2D eigenvalue weighted by Crippen LogP contribution is -2.51. The average Bonchev–Trinajstić information content (AvgIpc) is 2.92. The summed E-state index contributed by atoms with van der Waals surface area (Å²) in [7, 11) is 3.22. The zero-order valence-electron chi connectivity index (χ0n) is 21.2. The van der Waals surface area contributed by atoms with E-state index in [9.17, 15) is 19.8 Å². The third kappa shape index (κ3) is 6.15. The highest BCUT2D eigenvalue weighted by molar-refractivity contribution is 5.97. The number of nitrogens with zero attached hydrogens (tertiary/aromatic N) is 2. The van der Waals surface area contributed by atoms with Crippen LogP contribution in [-0.2, 0) is 20.9 Å². The SMILES string of the molecule is COCCCN1C(=O)COc2ccc(CO[C@H]3CN(C(=O)O)C[C@@H](CO)[C@@H]3c3ccc(OC)cc3)cc21. The Kier molecular flexibility index (Phi) is 8.86. The van der Waals surface area contributed by atoms with Crippen molar-refractivity contribution in [2.45, 2.75) is 25.0 Å². The molecule has 10 heteroatoms. The molecule has 3 atom stereocenters. The summed E-state index contributed by atoms with van der Waals surface area (Å²) in [4.78, 5) is 27.3. The number of carbonyl (C=O) groups is 2. The molecule has 2 N–H and O–H groups in total. The normalized spacial score (nSPS) is 21.4. The third-order valence-electron chi connectivity index (χ3n) is 6.93. The molecule has 0 aromatic heterocycles. The van der Waals surface area contributed by atoms with Gasteiger partial charge in [0.15, 0.2) is 6.61 Å². The van der Waals surface area contributed by atoms with Crippen LogP contribution in [0, 0.1) is 5.92 Å². The smallest absolute Gasteiger partial charge is 0.407 e. The first-order valence-corrected chi connectivity index (χ1v) is 12.3. The Balaban J connectivity index is 1.55. The first kappa shape index (κ1) is 26.7. The lowest BCUT2D eigenvalue weighted by molar-refractivity contribution is -0.121. The molecule has 0 radical (unpaired) electrons. The zero-order valence-corrected chi connectivity index (χ0v) is 21.2. The number of carbonyl (C=O) groups excluding carboxylic acids is 1. The van der Waals surface area contributed by atoms with Crippen LogP contribution in [0.25, 0.3) is 0 Å². The third-order valence-corrected chi connectivity index (χ3v) is 6.93. The van der Waals surface area contributed by atoms with E-state index in [4.69, 9.17) is 18.9 Å². The van der Waals surface area contributed by atoms with Gasteiger partial charge in [0.2, 0.25) is 0 Å². The van der Waals surface area contributed by atoms with Gasteiger partial charge in [0.05, 0.1) is 32.1 Å². The lowest BCUT2D eigenvalue weighted by atomic mass is 9.79. The number of amides is 2. The Bertz CT molecular complexity index is 1080. The van der Waals surface area contributed by atoms with E-state index in [-0.39, 0.29) is 50.7 Å². The molecule has 2 aliphatic rings. The molecule has 4 rings (SSSR count). The number of anilines is 1. The Morgan fingerprint density at radius 3 is 2.59 bits per heavy atom. The Labute approximate surface area is 216 Å². The molecule has 0 bridgehead atoms. The second kappa shape index (κ2) is 12.3. The topological polar surface area (TPSA) is 118 Å². The number of methoxy groups -OCH3 is 2. The van der Waals surface area contributed by atoms with Gasteiger partial charge >= 0.3 is 6.09 Å². The number of rotatable bonds is 10. The van der Waals surface area contributed by atoms with Crippen LogP contribution in [-0.4, -0.2) is 86.9 Å². The fraction of sp³-hybridized carbons (Fsp3) is 0.481. The molecule has 0 saturated carbocycles. The molecule has 1 saturated heterocycles. The molecule has 2 aromatic carbocycles. The molecule has 2 heterocycles. The van der Waals surface area contributed by atoms with Crippen LogP contribution in [0.4, 0.5) is 10.5 Å². The molecule has 0 unspecified atom stereocenters. The molecule has 2 aromatic rings. The van der Waals surface area contributed by atoms with E-state index in [0.717, 1.165) is 11.1 Å². The summed E-state index contributed by atoms with van der Waals surface area (Å²) in [5.74, 6) is 0.697. The lowest BCUT2D eigenvalue weighted by Gasteiger charge is -2.42. The van der Waals surface area contributed by atoms with Crippen molar-refractivity contribution in [2.24, 2.45) is 5.92 Å². The number of benzene rings is 2. The van der Waals surface area contributed by atoms with Crippen molar-refractivity contribution in [2.75, 3.05) is 58.6 Å². The first-order chi connectivity index (χ1) is 17.9. The number of hydrogen-bond donors (Lipinski definition) is 2. The number of likely N-dealkylation sites (tertiary alicyclic amines) is 1. The quantitative estimate of drug-likeness (QED) is 0.465. The highest BCUT2D eigenvalue weighted by Gasteiger charge is 2.40. The summed E-state index contributed by atoms with van der Waals surface area (Å²) in [6.07, 6.45) is -0.833. The molecule has 2 amide bonds. The van der Waals surface area contributed by atoms with Crippen molar-refractivity contribution in [3.05, 3.63) is 53.6 Å². The van der Waals surface area contributed by atoms with Crippen molar-refractivity contribution in [1.29, 1.82) is 0 Å². The van der Waals surface area contributed by atoms with Gasteiger partial charge in [-0.25, -0.2) is 4.79 Å². The van der Waals surface area contributed by atoms with Crippen LogP contribution in [0.3, 0.4) is 0 Å². The van der Waals surface area contributed by atoms with Crippen LogP contribution in [0.2, 0.25) is 0 Å². The summed E-state index contributed by atoms with van der Waals surface area (Å²) < 4.78 is 22.4. The van der Waals surface area contributed by atoms with Gasteiger partial charge in [-0.05, 0) is 41.8 Å². The largest absolute Gasteiger partial charge is 0.497 e. The number of hydrogen-bond acceptors (Lipinski definition) is 7. The molecule has 2 aliphatic heterocycles. The number of aliphatic hydroxyl groups is 1. The summed E-state index contributed by atoms with van der Waals surface area (Å²) in [5, 5.41) is 19.8. The highest BCUT2D eigenvalue weighted by atomic mass is 16.5. The van der Waals surface area contributed by atoms with Gasteiger partial charge in [-0.1, -0.05) is 18.2 Å². The van der Waals surface area contributed by atoms with Gasteiger partial charge in [-0.15, -0.1) is 0 Å². The van der Waals surface area contributed by atoms with E-state index >= 15 is 0 Å². The second-order valence-electron chi connectivity index (χ2n) is 9.26. The van der Waals surface area contributed by atoms with E-state index in [1.807, 2.05) is 42.5 Å². The Morgan fingerprint density at radius 2 is 1.92 bits per heavy atom. The van der Waals surface area contributed by atoms with E-state index in [0.29, 0.717) is 36.8 Å². The van der Waals surface area contributed by atoms with Crippen LogP contribution < -0.4 is 14.4 Å². The minimum absolute atomic E-state index is 0.00495. The van der Waals surface area contributed by atoms with Crippen LogP contribution >= 0.6 is 0 Å². The molecule has 10 nitrogen and oxygen atoms in total. The van der Waals surface area contributed by atoms with Crippen molar-refractivity contribution in [1.82, 2.24) is 4.90 Å². The van der Waals surface area contributed by atoms with Gasteiger partial charge in [0, 0.05) is 45.2 Å². The maximum atomic E-state index is 12.5. The van der Waals surface area contributed by atoms with E-state index in [1.54, 1.807) is 19.1 Å². The van der Waals surface area contributed by atoms with Gasteiger partial charge < -0.3 is 39.0 Å². The van der Waals surface area contributed by atoms with Gasteiger partial charge in [0.1, 0.15) is 11.5 Å². The molecule has 0 aliphatic carbocycles. The van der Waals surface area contributed by atoms with Gasteiger partial charge in [-0.2, -0.15) is 0 Å². The molecule has 200 valence electrons. The number of carboxylic acid groups (broad SMARTS) is 1. The Morgan fingerprint density at radius 1 is 1.14 bits per heavy atom. The molecular formula is C27H34N2O8. The molecular weight excluding hydrogens is 480 g/mol. The minimum atomic E-state index is -1.05. The fourth-order valence-electron chi connectivity index (χ4n) is 5.06. The summed E-state index contributed by atoms with van der Waals surface area (Å²) in [5.41, 5.74) is 2.46. The number of fused-ring (bicyclic) bond motifs is 1. The first-order valence-electron chi connectivity index (χ1n) is 12.3. The number of ether oxygens (including phenoxy) is 4. The number of piperidine rings is 1. The Hall–Kier alpha value is -3.34. The fourth-order valence-corrected chi connectivity index (χ4v) is 5.06. The second-order valence-corrected chi connectivity index (χ2v) is 9.26. The summed E-state index contributed by atoms with van der Waals surface area (Å²) >= 11 is 0. The van der Waals surface area contributed by atoms with Crippen molar-refractivity contribution < 1.29 is 38.7 Å². The average molecular weight is 515 g/mol. The van der Waals surface area contributed by atoms with Crippen molar-refractivity contribution >= 4 is 17.7 Å². The van der Waals surface area contributed by atoms with E-state index in [2.05, 4.69) is 0 Å². The van der Waals surface area contributed by atoms with Crippen molar-refractivity contribution in [3.8, 4) is 11.5 Å². The standard InChI is InChI=1S/C27H34N2O8/c1-34-11-3-10-29-22-12-18(4-9-23(22)37-17-25(29)31)16-36-24-14-28(27(32)33)13-20(15-30)26(24)19-5-7-21(35-2)8-6-19/h4-9,12,20,24,26,30H,3,10-11,13-17H2,1-2H3,(H,32,33)/t20-,24-,26-/m0/s1. The highest BCUT2D eigenvalue weighted by Crippen LogP contribution is 2.37. The van der Waals surface area contributed by atoms with Crippen molar-refractivity contribution in [3.63, 3.8) is 0 Å². The molecule has 1 fully saturated rings. The van der Waals surface area contributed by atoms with E-state index < -0.39 is 12.2 Å². The molecule has 37 heavy (non-hydrogen) atoms. The summed E-state index contributed by atoms with van der Waals surface area (Å²) in [6, 6.07) is 13.1. The summed E-state index contributed by atoms with van der Waals surface area (Å²) in [6.45, 7) is 1.49. The van der Waals surface area contributed by atoms with Crippen LogP contribution in [0.5, 0.6) is 11.5 Å². The number of aliphatic hydroxyl groups excluding tert-OH is 1. The predicted molar refractivity (Wildman–Crippen MR) is 135 cm³/mol. The van der Waals surface area contributed by atoms with Crippen LogP contribution in [0.1, 0.15) is 23.5 Å². The van der Waals surface area contributed by atoms with E-state index in [1.165, 1.54) is 4.90 Å². The minimum Gasteiger partial charge on any atom is -0.497 e.